The van der Waals surface area contributed by atoms with Crippen molar-refractivity contribution in [3.8, 4) is 17.3 Å². The second-order valence-corrected chi connectivity index (χ2v) is 3.79. The summed E-state index contributed by atoms with van der Waals surface area (Å²) in [5.74, 6) is 0. The molecular formula is C13H8F3N3. The third-order valence-corrected chi connectivity index (χ3v) is 2.54. The zero-order chi connectivity index (χ0) is 14.0. The molecule has 19 heavy (non-hydrogen) atoms. The fraction of sp³-hybridized carbons (Fsp3) is 0.0769. The Morgan fingerprint density at radius 3 is 2.42 bits per heavy atom. The van der Waals surface area contributed by atoms with Gasteiger partial charge < -0.3 is 5.73 Å². The van der Waals surface area contributed by atoms with E-state index in [-0.39, 0.29) is 22.6 Å². The number of anilines is 1. The van der Waals surface area contributed by atoms with E-state index in [4.69, 9.17) is 11.0 Å². The Kier molecular flexibility index (Phi) is 3.13. The molecule has 0 saturated carbocycles. The molecule has 0 saturated heterocycles. The smallest absolute Gasteiger partial charge is 0.396 e. The molecule has 3 nitrogen and oxygen atoms in total. The van der Waals surface area contributed by atoms with Gasteiger partial charge in [0, 0.05) is 5.56 Å². The minimum absolute atomic E-state index is 0.0682. The third kappa shape index (κ3) is 2.50. The summed E-state index contributed by atoms with van der Waals surface area (Å²) in [6, 6.07) is 9.54. The highest BCUT2D eigenvalue weighted by molar-refractivity contribution is 5.67. The maximum absolute atomic E-state index is 12.9. The topological polar surface area (TPSA) is 62.7 Å². The number of halogens is 3. The van der Waals surface area contributed by atoms with Gasteiger partial charge in [-0.05, 0) is 18.2 Å². The van der Waals surface area contributed by atoms with Crippen molar-refractivity contribution in [2.75, 3.05) is 5.73 Å². The van der Waals surface area contributed by atoms with Crippen LogP contribution in [0.4, 0.5) is 18.9 Å². The number of hydrogen-bond donors (Lipinski definition) is 1. The van der Waals surface area contributed by atoms with Crippen LogP contribution in [0, 0.1) is 11.3 Å². The number of hydrogen-bond acceptors (Lipinski definition) is 3. The first-order valence-corrected chi connectivity index (χ1v) is 5.26. The van der Waals surface area contributed by atoms with Crippen LogP contribution in [-0.2, 0) is 6.18 Å². The number of rotatable bonds is 1. The van der Waals surface area contributed by atoms with Crippen LogP contribution in [0.1, 0.15) is 11.3 Å². The molecule has 6 heteroatoms. The monoisotopic (exact) mass is 263 g/mol. The Labute approximate surface area is 107 Å². The summed E-state index contributed by atoms with van der Waals surface area (Å²) in [4.78, 5) is 3.85. The number of pyridine rings is 1. The minimum atomic E-state index is -4.48. The van der Waals surface area contributed by atoms with Crippen LogP contribution >= 0.6 is 0 Å². The maximum Gasteiger partial charge on any atom is 0.417 e. The van der Waals surface area contributed by atoms with Crippen molar-refractivity contribution < 1.29 is 13.2 Å². The summed E-state index contributed by atoms with van der Waals surface area (Å²) in [7, 11) is 0. The van der Waals surface area contributed by atoms with E-state index in [1.165, 1.54) is 30.3 Å². The van der Waals surface area contributed by atoms with Gasteiger partial charge in [0.25, 0.3) is 0 Å². The lowest BCUT2D eigenvalue weighted by atomic mass is 10.0. The van der Waals surface area contributed by atoms with Gasteiger partial charge in [-0.3, -0.25) is 0 Å². The molecule has 0 spiro atoms. The molecule has 0 radical (unpaired) electrons. The lowest BCUT2D eigenvalue weighted by Gasteiger charge is -2.12. The normalized spacial score (nSPS) is 11.1. The number of nitrogen functional groups attached to an aromatic ring is 1. The zero-order valence-corrected chi connectivity index (χ0v) is 9.57. The van der Waals surface area contributed by atoms with E-state index < -0.39 is 11.7 Å². The van der Waals surface area contributed by atoms with Crippen molar-refractivity contribution in [2.24, 2.45) is 0 Å². The molecule has 0 amide bonds. The van der Waals surface area contributed by atoms with E-state index in [0.717, 1.165) is 6.07 Å². The third-order valence-electron chi connectivity index (χ3n) is 2.54. The highest BCUT2D eigenvalue weighted by atomic mass is 19.4. The molecule has 2 rings (SSSR count). The molecule has 1 aromatic carbocycles. The fourth-order valence-electron chi connectivity index (χ4n) is 1.66. The molecule has 2 N–H and O–H groups in total. The molecule has 0 aliphatic carbocycles. The molecule has 1 aromatic heterocycles. The molecule has 0 atom stereocenters. The van der Waals surface area contributed by atoms with E-state index in [9.17, 15) is 13.2 Å². The molecule has 0 aliphatic rings. The Morgan fingerprint density at radius 2 is 1.79 bits per heavy atom. The summed E-state index contributed by atoms with van der Waals surface area (Å²) in [5, 5.41) is 8.80. The molecular weight excluding hydrogens is 255 g/mol. The summed E-state index contributed by atoms with van der Waals surface area (Å²) < 4.78 is 38.6. The Bertz CT molecular complexity index is 657. The van der Waals surface area contributed by atoms with Gasteiger partial charge >= 0.3 is 6.18 Å². The Balaban J connectivity index is 2.64. The average Bonchev–Trinajstić information content (AvgIpc) is 2.38. The SMILES string of the molecule is N#Cc1nc(-c2ccccc2C(F)(F)F)ccc1N. The number of nitrogens with two attached hydrogens (primary N) is 1. The van der Waals surface area contributed by atoms with Crippen molar-refractivity contribution in [2.45, 2.75) is 6.18 Å². The summed E-state index contributed by atoms with van der Waals surface area (Å²) >= 11 is 0. The number of aromatic nitrogens is 1. The Morgan fingerprint density at radius 1 is 1.11 bits per heavy atom. The van der Waals surface area contributed by atoms with Gasteiger partial charge in [0.2, 0.25) is 0 Å². The van der Waals surface area contributed by atoms with Crippen LogP contribution in [0.15, 0.2) is 36.4 Å². The van der Waals surface area contributed by atoms with Gasteiger partial charge in [-0.15, -0.1) is 0 Å². The van der Waals surface area contributed by atoms with Crippen molar-refractivity contribution in [1.29, 1.82) is 5.26 Å². The average molecular weight is 263 g/mol. The van der Waals surface area contributed by atoms with Crippen LogP contribution in [0.5, 0.6) is 0 Å². The highest BCUT2D eigenvalue weighted by Crippen LogP contribution is 2.36. The van der Waals surface area contributed by atoms with Gasteiger partial charge in [-0.1, -0.05) is 18.2 Å². The Hall–Kier alpha value is -2.55. The predicted octanol–water partition coefficient (Wildman–Crippen LogP) is 3.22. The van der Waals surface area contributed by atoms with Gasteiger partial charge in [0.05, 0.1) is 16.9 Å². The van der Waals surface area contributed by atoms with Crippen LogP contribution in [0.3, 0.4) is 0 Å². The predicted molar refractivity (Wildman–Crippen MR) is 63.8 cm³/mol. The molecule has 2 aromatic rings. The van der Waals surface area contributed by atoms with Crippen molar-refractivity contribution >= 4 is 5.69 Å². The molecule has 96 valence electrons. The number of benzene rings is 1. The van der Waals surface area contributed by atoms with Crippen LogP contribution in [0.2, 0.25) is 0 Å². The first-order chi connectivity index (χ1) is 8.93. The molecule has 1 heterocycles. The zero-order valence-electron chi connectivity index (χ0n) is 9.57. The quantitative estimate of drug-likeness (QED) is 0.859. The standard InChI is InChI=1S/C13H8F3N3/c14-13(15,16)9-4-2-1-3-8(9)11-6-5-10(18)12(7-17)19-11/h1-6H,18H2. The van der Waals surface area contributed by atoms with E-state index in [1.807, 2.05) is 0 Å². The van der Waals surface area contributed by atoms with Gasteiger partial charge in [-0.25, -0.2) is 4.98 Å². The number of alkyl halides is 3. The van der Waals surface area contributed by atoms with E-state index in [2.05, 4.69) is 4.98 Å². The van der Waals surface area contributed by atoms with Crippen molar-refractivity contribution in [3.63, 3.8) is 0 Å². The lowest BCUT2D eigenvalue weighted by Crippen LogP contribution is -2.07. The number of nitrogens with zero attached hydrogens (tertiary/aromatic N) is 2. The second kappa shape index (κ2) is 4.61. The van der Waals surface area contributed by atoms with Gasteiger partial charge in [-0.2, -0.15) is 18.4 Å². The second-order valence-electron chi connectivity index (χ2n) is 3.79. The molecule has 0 fully saturated rings. The van der Waals surface area contributed by atoms with Crippen molar-refractivity contribution in [3.05, 3.63) is 47.7 Å². The minimum Gasteiger partial charge on any atom is -0.396 e. The van der Waals surface area contributed by atoms with E-state index in [0.29, 0.717) is 0 Å². The highest BCUT2D eigenvalue weighted by Gasteiger charge is 2.33. The van der Waals surface area contributed by atoms with Crippen LogP contribution < -0.4 is 5.73 Å². The van der Waals surface area contributed by atoms with Gasteiger partial charge in [0.1, 0.15) is 6.07 Å². The van der Waals surface area contributed by atoms with Crippen molar-refractivity contribution in [1.82, 2.24) is 4.98 Å². The van der Waals surface area contributed by atoms with Gasteiger partial charge in [0.15, 0.2) is 5.69 Å². The summed E-state index contributed by atoms with van der Waals surface area (Å²) in [6.45, 7) is 0. The summed E-state index contributed by atoms with van der Waals surface area (Å²) in [6.07, 6.45) is -4.48. The molecule has 0 aliphatic heterocycles. The van der Waals surface area contributed by atoms with E-state index >= 15 is 0 Å². The molecule has 0 bridgehead atoms. The molecule has 0 unspecified atom stereocenters. The summed E-state index contributed by atoms with van der Waals surface area (Å²) in [5.41, 5.74) is 4.74. The first kappa shape index (κ1) is 12.9. The first-order valence-electron chi connectivity index (χ1n) is 5.26. The van der Waals surface area contributed by atoms with Crippen LogP contribution in [0.25, 0.3) is 11.3 Å². The number of nitriles is 1. The largest absolute Gasteiger partial charge is 0.417 e. The van der Waals surface area contributed by atoms with Crippen LogP contribution in [-0.4, -0.2) is 4.98 Å². The lowest BCUT2D eigenvalue weighted by molar-refractivity contribution is -0.137. The maximum atomic E-state index is 12.9. The van der Waals surface area contributed by atoms with E-state index in [1.54, 1.807) is 6.07 Å². The fourth-order valence-corrected chi connectivity index (χ4v) is 1.66.